The van der Waals surface area contributed by atoms with Crippen LogP contribution < -0.4 is 0 Å². The molecule has 0 aliphatic heterocycles. The molecular formula is C13H9FOS. The Bertz CT molecular complexity index is 601. The first-order chi connectivity index (χ1) is 7.70. The average molecular weight is 232 g/mol. The standard InChI is InChI=1S/C13H9FOS/c1-2-3-4-11(15)13-7-9-5-6-10(14)8-12(9)16-13/h5-8H,4H2,1H3. The Morgan fingerprint density at radius 1 is 1.44 bits per heavy atom. The summed E-state index contributed by atoms with van der Waals surface area (Å²) in [4.78, 5) is 12.3. The zero-order valence-electron chi connectivity index (χ0n) is 8.71. The van der Waals surface area contributed by atoms with E-state index < -0.39 is 0 Å². The van der Waals surface area contributed by atoms with Gasteiger partial charge in [0.1, 0.15) is 5.82 Å². The molecule has 16 heavy (non-hydrogen) atoms. The Hall–Kier alpha value is -1.66. The van der Waals surface area contributed by atoms with Crippen LogP contribution in [0.5, 0.6) is 0 Å². The number of halogens is 1. The average Bonchev–Trinajstić information content (AvgIpc) is 2.68. The molecule has 0 fully saturated rings. The molecule has 1 nitrogen and oxygen atoms in total. The first-order valence-electron chi connectivity index (χ1n) is 4.82. The van der Waals surface area contributed by atoms with Crippen LogP contribution >= 0.6 is 11.3 Å². The minimum Gasteiger partial charge on any atom is -0.292 e. The number of rotatable bonds is 2. The van der Waals surface area contributed by atoms with Gasteiger partial charge in [-0.3, -0.25) is 4.79 Å². The van der Waals surface area contributed by atoms with E-state index in [9.17, 15) is 9.18 Å². The summed E-state index contributed by atoms with van der Waals surface area (Å²) in [7, 11) is 0. The normalized spacial score (nSPS) is 9.88. The Kier molecular flexibility index (Phi) is 3.02. The fourth-order valence-corrected chi connectivity index (χ4v) is 2.42. The number of thiophene rings is 1. The molecule has 0 atom stereocenters. The van der Waals surface area contributed by atoms with E-state index in [0.29, 0.717) is 4.88 Å². The molecule has 2 rings (SSSR count). The maximum atomic E-state index is 12.9. The maximum Gasteiger partial charge on any atom is 0.184 e. The monoisotopic (exact) mass is 232 g/mol. The fraction of sp³-hybridized carbons (Fsp3) is 0.154. The van der Waals surface area contributed by atoms with Crippen LogP contribution in [0.3, 0.4) is 0 Å². The Labute approximate surface area is 96.9 Å². The van der Waals surface area contributed by atoms with Gasteiger partial charge in [0.05, 0.1) is 11.3 Å². The van der Waals surface area contributed by atoms with Crippen molar-refractivity contribution in [1.82, 2.24) is 0 Å². The highest BCUT2D eigenvalue weighted by molar-refractivity contribution is 7.20. The molecule has 0 saturated heterocycles. The maximum absolute atomic E-state index is 12.9. The van der Waals surface area contributed by atoms with Crippen molar-refractivity contribution in [3.05, 3.63) is 35.0 Å². The van der Waals surface area contributed by atoms with Crippen molar-refractivity contribution in [3.8, 4) is 11.8 Å². The van der Waals surface area contributed by atoms with Gasteiger partial charge in [0, 0.05) is 4.70 Å². The summed E-state index contributed by atoms with van der Waals surface area (Å²) < 4.78 is 13.7. The number of carbonyl (C=O) groups is 1. The quantitative estimate of drug-likeness (QED) is 0.570. The summed E-state index contributed by atoms with van der Waals surface area (Å²) in [5, 5.41) is 0.902. The fourth-order valence-electron chi connectivity index (χ4n) is 1.40. The molecule has 80 valence electrons. The third-order valence-electron chi connectivity index (χ3n) is 2.18. The van der Waals surface area contributed by atoms with Crippen LogP contribution in [0, 0.1) is 17.7 Å². The van der Waals surface area contributed by atoms with Gasteiger partial charge in [0.25, 0.3) is 0 Å². The molecule has 1 heterocycles. The lowest BCUT2D eigenvalue weighted by molar-refractivity contribution is 0.100. The first kappa shape index (κ1) is 10.8. The van der Waals surface area contributed by atoms with Crippen molar-refractivity contribution in [2.75, 3.05) is 0 Å². The van der Waals surface area contributed by atoms with Crippen molar-refractivity contribution in [1.29, 1.82) is 0 Å². The minimum absolute atomic E-state index is 0.00374. The molecule has 3 heteroatoms. The van der Waals surface area contributed by atoms with Crippen LogP contribution in [0.25, 0.3) is 10.1 Å². The zero-order valence-corrected chi connectivity index (χ0v) is 9.53. The largest absolute Gasteiger partial charge is 0.292 e. The van der Waals surface area contributed by atoms with Gasteiger partial charge in [-0.05, 0) is 30.5 Å². The number of carbonyl (C=O) groups excluding carboxylic acids is 1. The SMILES string of the molecule is CC#CCC(=O)c1cc2ccc(F)cc2s1. The summed E-state index contributed by atoms with van der Waals surface area (Å²) in [6.45, 7) is 1.70. The van der Waals surface area contributed by atoms with Gasteiger partial charge >= 0.3 is 0 Å². The van der Waals surface area contributed by atoms with E-state index in [2.05, 4.69) is 11.8 Å². The van der Waals surface area contributed by atoms with Crippen LogP contribution in [0.1, 0.15) is 23.0 Å². The van der Waals surface area contributed by atoms with E-state index in [-0.39, 0.29) is 18.0 Å². The summed E-state index contributed by atoms with van der Waals surface area (Å²) in [6.07, 6.45) is 0.228. The number of ketones is 1. The van der Waals surface area contributed by atoms with Crippen LogP contribution in [-0.2, 0) is 0 Å². The second-order valence-corrected chi connectivity index (χ2v) is 4.40. The van der Waals surface area contributed by atoms with E-state index in [4.69, 9.17) is 0 Å². The van der Waals surface area contributed by atoms with Gasteiger partial charge in [0.15, 0.2) is 5.78 Å². The minimum atomic E-state index is -0.276. The number of hydrogen-bond acceptors (Lipinski definition) is 2. The number of Topliss-reactive ketones (excluding diaryl/α,β-unsaturated/α-hetero) is 1. The van der Waals surface area contributed by atoms with E-state index in [1.54, 1.807) is 19.1 Å². The third-order valence-corrected chi connectivity index (χ3v) is 3.32. The predicted octanol–water partition coefficient (Wildman–Crippen LogP) is 3.64. The van der Waals surface area contributed by atoms with Crippen molar-refractivity contribution < 1.29 is 9.18 Å². The van der Waals surface area contributed by atoms with Gasteiger partial charge in [-0.15, -0.1) is 17.3 Å². The zero-order chi connectivity index (χ0) is 11.5. The van der Waals surface area contributed by atoms with Crippen LogP contribution in [-0.4, -0.2) is 5.78 Å². The summed E-state index contributed by atoms with van der Waals surface area (Å²) in [6, 6.07) is 6.32. The molecule has 0 saturated carbocycles. The number of hydrogen-bond donors (Lipinski definition) is 0. The summed E-state index contributed by atoms with van der Waals surface area (Å²) >= 11 is 1.31. The first-order valence-corrected chi connectivity index (χ1v) is 5.64. The van der Waals surface area contributed by atoms with Gasteiger partial charge in [0.2, 0.25) is 0 Å². The lowest BCUT2D eigenvalue weighted by Gasteiger charge is -1.87. The van der Waals surface area contributed by atoms with Gasteiger partial charge in [-0.2, -0.15) is 0 Å². The van der Waals surface area contributed by atoms with Crippen molar-refractivity contribution in [3.63, 3.8) is 0 Å². The Morgan fingerprint density at radius 3 is 3.00 bits per heavy atom. The molecule has 0 unspecified atom stereocenters. The van der Waals surface area contributed by atoms with Crippen molar-refractivity contribution in [2.24, 2.45) is 0 Å². The predicted molar refractivity (Wildman–Crippen MR) is 64.2 cm³/mol. The molecular weight excluding hydrogens is 223 g/mol. The van der Waals surface area contributed by atoms with Gasteiger partial charge in [-0.25, -0.2) is 4.39 Å². The molecule has 0 bridgehead atoms. The lowest BCUT2D eigenvalue weighted by atomic mass is 10.2. The molecule has 0 amide bonds. The van der Waals surface area contributed by atoms with E-state index in [1.807, 2.05) is 0 Å². The molecule has 0 aliphatic rings. The highest BCUT2D eigenvalue weighted by Gasteiger charge is 2.09. The van der Waals surface area contributed by atoms with Crippen LogP contribution in [0.4, 0.5) is 4.39 Å². The van der Waals surface area contributed by atoms with Gasteiger partial charge in [-0.1, -0.05) is 12.0 Å². The molecule has 0 N–H and O–H groups in total. The number of fused-ring (bicyclic) bond motifs is 1. The van der Waals surface area contributed by atoms with Gasteiger partial charge < -0.3 is 0 Å². The second-order valence-electron chi connectivity index (χ2n) is 3.32. The van der Waals surface area contributed by atoms with Crippen LogP contribution in [0.2, 0.25) is 0 Å². The summed E-state index contributed by atoms with van der Waals surface area (Å²) in [5.41, 5.74) is 0. The molecule has 0 spiro atoms. The molecule has 0 aliphatic carbocycles. The topological polar surface area (TPSA) is 17.1 Å². The smallest absolute Gasteiger partial charge is 0.184 e. The molecule has 0 radical (unpaired) electrons. The Morgan fingerprint density at radius 2 is 2.25 bits per heavy atom. The highest BCUT2D eigenvalue weighted by Crippen LogP contribution is 2.27. The van der Waals surface area contributed by atoms with E-state index >= 15 is 0 Å². The van der Waals surface area contributed by atoms with Crippen molar-refractivity contribution >= 4 is 27.2 Å². The summed E-state index contributed by atoms with van der Waals surface area (Å²) in [5.74, 6) is 5.14. The second kappa shape index (κ2) is 4.46. The van der Waals surface area contributed by atoms with E-state index in [0.717, 1.165) is 10.1 Å². The lowest BCUT2D eigenvalue weighted by Crippen LogP contribution is -1.92. The molecule has 1 aromatic heterocycles. The van der Waals surface area contributed by atoms with Crippen LogP contribution in [0.15, 0.2) is 24.3 Å². The third kappa shape index (κ3) is 2.12. The molecule has 1 aromatic carbocycles. The highest BCUT2D eigenvalue weighted by atomic mass is 32.1. The Balaban J connectivity index is 2.38. The molecule has 2 aromatic rings. The van der Waals surface area contributed by atoms with Crippen molar-refractivity contribution in [2.45, 2.75) is 13.3 Å². The van der Waals surface area contributed by atoms with E-state index in [1.165, 1.54) is 23.5 Å². The number of benzene rings is 1.